The fourth-order valence-corrected chi connectivity index (χ4v) is 5.51. The van der Waals surface area contributed by atoms with E-state index in [9.17, 15) is 13.2 Å². The molecule has 2 saturated heterocycles. The van der Waals surface area contributed by atoms with Crippen molar-refractivity contribution in [3.05, 3.63) is 35.4 Å². The van der Waals surface area contributed by atoms with E-state index >= 15 is 0 Å². The fraction of sp³-hybridized carbons (Fsp3) is 0.650. The average Bonchev–Trinajstić information content (AvgIpc) is 2.68. The van der Waals surface area contributed by atoms with E-state index in [4.69, 9.17) is 0 Å². The summed E-state index contributed by atoms with van der Waals surface area (Å²) in [5.41, 5.74) is 2.24. The third-order valence-corrected chi connectivity index (χ3v) is 7.74. The lowest BCUT2D eigenvalue weighted by Gasteiger charge is -2.37. The van der Waals surface area contributed by atoms with Gasteiger partial charge in [-0.1, -0.05) is 36.8 Å². The summed E-state index contributed by atoms with van der Waals surface area (Å²) in [6, 6.07) is 8.06. The van der Waals surface area contributed by atoms with Crippen LogP contribution in [0.1, 0.15) is 43.7 Å². The van der Waals surface area contributed by atoms with Crippen molar-refractivity contribution in [2.45, 2.75) is 46.1 Å². The Hall–Kier alpha value is -1.44. The third kappa shape index (κ3) is 5.09. The van der Waals surface area contributed by atoms with Crippen LogP contribution in [0.2, 0.25) is 0 Å². The lowest BCUT2D eigenvalue weighted by molar-refractivity contribution is -0.126. The quantitative estimate of drug-likeness (QED) is 0.834. The molecule has 2 heterocycles. The maximum absolute atomic E-state index is 12.9. The second-order valence-corrected chi connectivity index (χ2v) is 9.92. The normalized spacial score (nSPS) is 23.3. The van der Waals surface area contributed by atoms with Crippen molar-refractivity contribution in [2.24, 2.45) is 11.8 Å². The first kappa shape index (κ1) is 20.3. The van der Waals surface area contributed by atoms with Crippen molar-refractivity contribution >= 4 is 16.1 Å². The standard InChI is InChI=1S/C20H31N3O3S/c1-16-5-7-18(8-6-16)14-21-20(24)19-4-3-11-23(15-19)27(25,26)22-12-9-17(2)10-13-22/h5-8,17,19H,3-4,9-15H2,1-2H3,(H,21,24)/t19-/m1/s1. The Labute approximate surface area is 163 Å². The van der Waals surface area contributed by atoms with Crippen LogP contribution in [0.25, 0.3) is 0 Å². The Morgan fingerprint density at radius 2 is 1.74 bits per heavy atom. The third-order valence-electron chi connectivity index (χ3n) is 5.74. The Kier molecular flexibility index (Phi) is 6.55. The number of hydrogen-bond donors (Lipinski definition) is 1. The molecule has 3 rings (SSSR count). The smallest absolute Gasteiger partial charge is 0.281 e. The molecule has 0 spiro atoms. The van der Waals surface area contributed by atoms with Gasteiger partial charge in [-0.3, -0.25) is 4.79 Å². The molecule has 2 aliphatic rings. The molecule has 2 fully saturated rings. The molecule has 0 aromatic heterocycles. The van der Waals surface area contributed by atoms with E-state index in [0.717, 1.165) is 31.2 Å². The van der Waals surface area contributed by atoms with Crippen LogP contribution in [-0.2, 0) is 21.5 Å². The van der Waals surface area contributed by atoms with Gasteiger partial charge in [0.25, 0.3) is 10.2 Å². The number of benzene rings is 1. The van der Waals surface area contributed by atoms with Crippen molar-refractivity contribution in [1.82, 2.24) is 13.9 Å². The van der Waals surface area contributed by atoms with Gasteiger partial charge in [0.15, 0.2) is 0 Å². The number of amides is 1. The molecule has 7 heteroatoms. The first-order chi connectivity index (χ1) is 12.9. The largest absolute Gasteiger partial charge is 0.352 e. The number of nitrogens with one attached hydrogen (secondary N) is 1. The van der Waals surface area contributed by atoms with E-state index in [1.54, 1.807) is 4.31 Å². The molecule has 6 nitrogen and oxygen atoms in total. The number of hydrogen-bond acceptors (Lipinski definition) is 3. The average molecular weight is 394 g/mol. The molecule has 0 saturated carbocycles. The number of rotatable bonds is 5. The van der Waals surface area contributed by atoms with Crippen LogP contribution >= 0.6 is 0 Å². The van der Waals surface area contributed by atoms with Gasteiger partial charge in [-0.15, -0.1) is 0 Å². The highest BCUT2D eigenvalue weighted by Gasteiger charge is 2.36. The fourth-order valence-electron chi connectivity index (χ4n) is 3.78. The second kappa shape index (κ2) is 8.71. The summed E-state index contributed by atoms with van der Waals surface area (Å²) in [6.45, 7) is 6.65. The molecular formula is C20H31N3O3S. The number of nitrogens with zero attached hydrogens (tertiary/aromatic N) is 2. The highest BCUT2D eigenvalue weighted by atomic mass is 32.2. The summed E-state index contributed by atoms with van der Waals surface area (Å²) >= 11 is 0. The highest BCUT2D eigenvalue weighted by Crippen LogP contribution is 2.25. The second-order valence-electron chi connectivity index (χ2n) is 7.99. The van der Waals surface area contributed by atoms with E-state index in [0.29, 0.717) is 32.1 Å². The number of carbonyl (C=O) groups excluding carboxylic acids is 1. The SMILES string of the molecule is Cc1ccc(CNC(=O)[C@@H]2CCCN(S(=O)(=O)N3CCC(C)CC3)C2)cc1. The minimum absolute atomic E-state index is 0.0530. The van der Waals surface area contributed by atoms with Crippen molar-refractivity contribution < 1.29 is 13.2 Å². The Morgan fingerprint density at radius 3 is 2.41 bits per heavy atom. The van der Waals surface area contributed by atoms with E-state index in [1.807, 2.05) is 31.2 Å². The zero-order valence-electron chi connectivity index (χ0n) is 16.4. The minimum Gasteiger partial charge on any atom is -0.352 e. The van der Waals surface area contributed by atoms with E-state index in [-0.39, 0.29) is 18.4 Å². The van der Waals surface area contributed by atoms with Crippen LogP contribution in [0, 0.1) is 18.8 Å². The van der Waals surface area contributed by atoms with E-state index in [1.165, 1.54) is 9.87 Å². The Balaban J connectivity index is 1.56. The molecule has 0 radical (unpaired) electrons. The van der Waals surface area contributed by atoms with E-state index in [2.05, 4.69) is 12.2 Å². The van der Waals surface area contributed by atoms with Gasteiger partial charge in [0.05, 0.1) is 5.92 Å². The monoisotopic (exact) mass is 393 g/mol. The number of piperidine rings is 2. The zero-order valence-corrected chi connectivity index (χ0v) is 17.2. The molecule has 0 aliphatic carbocycles. The van der Waals surface area contributed by atoms with Crippen molar-refractivity contribution in [1.29, 1.82) is 0 Å². The molecule has 1 amide bonds. The number of carbonyl (C=O) groups is 1. The van der Waals surface area contributed by atoms with E-state index < -0.39 is 10.2 Å². The topological polar surface area (TPSA) is 69.7 Å². The van der Waals surface area contributed by atoms with Gasteiger partial charge in [-0.2, -0.15) is 17.0 Å². The maximum Gasteiger partial charge on any atom is 0.281 e. The molecule has 1 aromatic rings. The molecule has 0 bridgehead atoms. The summed E-state index contributed by atoms with van der Waals surface area (Å²) in [7, 11) is -3.46. The van der Waals surface area contributed by atoms with Gasteiger partial charge in [-0.25, -0.2) is 0 Å². The highest BCUT2D eigenvalue weighted by molar-refractivity contribution is 7.86. The summed E-state index contributed by atoms with van der Waals surface area (Å²) < 4.78 is 29.0. The summed E-state index contributed by atoms with van der Waals surface area (Å²) in [5.74, 6) is 0.253. The molecule has 0 unspecified atom stereocenters. The van der Waals surface area contributed by atoms with Crippen molar-refractivity contribution in [2.75, 3.05) is 26.2 Å². The zero-order chi connectivity index (χ0) is 19.4. The molecular weight excluding hydrogens is 362 g/mol. The van der Waals surface area contributed by atoms with Crippen molar-refractivity contribution in [3.63, 3.8) is 0 Å². The summed E-state index contributed by atoms with van der Waals surface area (Å²) in [4.78, 5) is 12.6. The van der Waals surface area contributed by atoms with Crippen LogP contribution in [0.5, 0.6) is 0 Å². The van der Waals surface area contributed by atoms with Crippen LogP contribution in [0.4, 0.5) is 0 Å². The van der Waals surface area contributed by atoms with Crippen molar-refractivity contribution in [3.8, 4) is 0 Å². The first-order valence-electron chi connectivity index (χ1n) is 9.95. The molecule has 1 aromatic carbocycles. The van der Waals surface area contributed by atoms with Gasteiger partial charge in [-0.05, 0) is 44.1 Å². The Morgan fingerprint density at radius 1 is 1.07 bits per heavy atom. The molecule has 1 N–H and O–H groups in total. The van der Waals surface area contributed by atoms with Crippen LogP contribution < -0.4 is 5.32 Å². The maximum atomic E-state index is 12.9. The predicted molar refractivity (Wildman–Crippen MR) is 106 cm³/mol. The van der Waals surface area contributed by atoms with Gasteiger partial charge in [0.2, 0.25) is 5.91 Å². The Bertz CT molecular complexity index is 740. The molecule has 150 valence electrons. The predicted octanol–water partition coefficient (Wildman–Crippen LogP) is 2.30. The number of aryl methyl sites for hydroxylation is 1. The lowest BCUT2D eigenvalue weighted by atomic mass is 9.98. The van der Waals surface area contributed by atoms with Crippen LogP contribution in [0.15, 0.2) is 24.3 Å². The molecule has 2 aliphatic heterocycles. The van der Waals surface area contributed by atoms with Gasteiger partial charge >= 0.3 is 0 Å². The van der Waals surface area contributed by atoms with Gasteiger partial charge in [0.1, 0.15) is 0 Å². The molecule has 1 atom stereocenters. The minimum atomic E-state index is -3.46. The van der Waals surface area contributed by atoms with Crippen LogP contribution in [0.3, 0.4) is 0 Å². The van der Waals surface area contributed by atoms with Crippen LogP contribution in [-0.4, -0.2) is 49.1 Å². The summed E-state index contributed by atoms with van der Waals surface area (Å²) in [6.07, 6.45) is 3.29. The summed E-state index contributed by atoms with van der Waals surface area (Å²) in [5, 5.41) is 2.97. The van der Waals surface area contributed by atoms with Gasteiger partial charge in [0, 0.05) is 32.7 Å². The van der Waals surface area contributed by atoms with Gasteiger partial charge < -0.3 is 5.32 Å². The lowest BCUT2D eigenvalue weighted by Crippen LogP contribution is -2.52. The first-order valence-corrected chi connectivity index (χ1v) is 11.3. The molecule has 27 heavy (non-hydrogen) atoms.